The Hall–Kier alpha value is -2.89. The van der Waals surface area contributed by atoms with Gasteiger partial charge >= 0.3 is 5.97 Å². The first-order valence-electron chi connectivity index (χ1n) is 8.66. The first-order valence-corrected chi connectivity index (χ1v) is 8.66. The van der Waals surface area contributed by atoms with Gasteiger partial charge in [-0.15, -0.1) is 0 Å². The van der Waals surface area contributed by atoms with Crippen LogP contribution in [0.4, 0.5) is 0 Å². The maximum absolute atomic E-state index is 12.5. The number of aromatic carboxylic acids is 1. The van der Waals surface area contributed by atoms with E-state index in [-0.39, 0.29) is 17.7 Å². The van der Waals surface area contributed by atoms with Crippen molar-refractivity contribution in [2.24, 2.45) is 0 Å². The summed E-state index contributed by atoms with van der Waals surface area (Å²) in [6, 6.07) is 9.02. The van der Waals surface area contributed by atoms with Crippen LogP contribution in [0.1, 0.15) is 44.8 Å². The monoisotopic (exact) mass is 354 g/mol. The van der Waals surface area contributed by atoms with Crippen LogP contribution in [0.2, 0.25) is 0 Å². The molecule has 1 aromatic carbocycles. The van der Waals surface area contributed by atoms with E-state index in [9.17, 15) is 9.59 Å². The second kappa shape index (κ2) is 7.56. The van der Waals surface area contributed by atoms with Crippen LogP contribution in [-0.4, -0.2) is 46.1 Å². The molecule has 6 heteroatoms. The first-order chi connectivity index (χ1) is 12.4. The Kier molecular flexibility index (Phi) is 5.21. The molecule has 2 heterocycles. The summed E-state index contributed by atoms with van der Waals surface area (Å²) >= 11 is 0. The number of carbonyl (C=O) groups excluding carboxylic acids is 1. The standard InChI is InChI=1S/C20H22N2O4/c1-13-3-4-14(2)18(11-13)26-16-7-9-22(10-8-16)19(23)15-5-6-17(20(24)25)21-12-15/h3-6,11-12,16H,7-10H2,1-2H3,(H,24,25). The van der Waals surface area contributed by atoms with Crippen molar-refractivity contribution in [2.45, 2.75) is 32.8 Å². The molecule has 1 fully saturated rings. The minimum atomic E-state index is -1.10. The summed E-state index contributed by atoms with van der Waals surface area (Å²) in [4.78, 5) is 29.0. The van der Waals surface area contributed by atoms with Crippen LogP contribution in [-0.2, 0) is 0 Å². The minimum absolute atomic E-state index is 0.0674. The number of carboxylic acids is 1. The molecule has 1 N–H and O–H groups in total. The van der Waals surface area contributed by atoms with Crippen LogP contribution in [0, 0.1) is 13.8 Å². The number of hydrogen-bond acceptors (Lipinski definition) is 4. The Bertz CT molecular complexity index is 809. The molecule has 0 bridgehead atoms. The Balaban J connectivity index is 1.58. The highest BCUT2D eigenvalue weighted by Gasteiger charge is 2.25. The summed E-state index contributed by atoms with van der Waals surface area (Å²) < 4.78 is 6.13. The first kappa shape index (κ1) is 17.9. The van der Waals surface area contributed by atoms with Gasteiger partial charge < -0.3 is 14.7 Å². The van der Waals surface area contributed by atoms with E-state index in [0.717, 1.165) is 29.7 Å². The number of aryl methyl sites for hydroxylation is 2. The summed E-state index contributed by atoms with van der Waals surface area (Å²) in [5.74, 6) is -0.323. The van der Waals surface area contributed by atoms with E-state index in [2.05, 4.69) is 17.1 Å². The van der Waals surface area contributed by atoms with Crippen molar-refractivity contribution in [1.82, 2.24) is 9.88 Å². The van der Waals surface area contributed by atoms with E-state index in [1.807, 2.05) is 19.9 Å². The second-order valence-corrected chi connectivity index (χ2v) is 6.62. The van der Waals surface area contributed by atoms with Gasteiger partial charge in [0.2, 0.25) is 0 Å². The van der Waals surface area contributed by atoms with Gasteiger partial charge in [0.15, 0.2) is 0 Å². The van der Waals surface area contributed by atoms with Crippen molar-refractivity contribution in [2.75, 3.05) is 13.1 Å². The zero-order chi connectivity index (χ0) is 18.7. The van der Waals surface area contributed by atoms with Gasteiger partial charge in [0.05, 0.1) is 5.56 Å². The van der Waals surface area contributed by atoms with Gasteiger partial charge in [-0.2, -0.15) is 0 Å². The number of ether oxygens (including phenoxy) is 1. The molecule has 1 aromatic heterocycles. The van der Waals surface area contributed by atoms with Crippen molar-refractivity contribution >= 4 is 11.9 Å². The molecular formula is C20H22N2O4. The number of amides is 1. The SMILES string of the molecule is Cc1ccc(C)c(OC2CCN(C(=O)c3ccc(C(=O)O)nc3)CC2)c1. The van der Waals surface area contributed by atoms with Gasteiger partial charge in [0.1, 0.15) is 17.5 Å². The normalized spacial score (nSPS) is 14.9. The van der Waals surface area contributed by atoms with E-state index < -0.39 is 5.97 Å². The molecule has 26 heavy (non-hydrogen) atoms. The van der Waals surface area contributed by atoms with Crippen LogP contribution in [0.5, 0.6) is 5.75 Å². The molecule has 1 amide bonds. The lowest BCUT2D eigenvalue weighted by Gasteiger charge is -2.32. The molecule has 0 saturated carbocycles. The van der Waals surface area contributed by atoms with Gasteiger partial charge in [-0.1, -0.05) is 12.1 Å². The van der Waals surface area contributed by atoms with Gasteiger partial charge in [-0.25, -0.2) is 9.78 Å². The van der Waals surface area contributed by atoms with E-state index in [4.69, 9.17) is 9.84 Å². The zero-order valence-electron chi connectivity index (χ0n) is 14.9. The molecule has 6 nitrogen and oxygen atoms in total. The molecular weight excluding hydrogens is 332 g/mol. The van der Waals surface area contributed by atoms with Crippen molar-refractivity contribution in [3.63, 3.8) is 0 Å². The van der Waals surface area contributed by atoms with Gasteiger partial charge in [0, 0.05) is 32.1 Å². The van der Waals surface area contributed by atoms with Gasteiger partial charge in [-0.05, 0) is 43.2 Å². The van der Waals surface area contributed by atoms with Crippen LogP contribution in [0.15, 0.2) is 36.5 Å². The number of carboxylic acid groups (broad SMARTS) is 1. The van der Waals surface area contributed by atoms with Crippen LogP contribution < -0.4 is 4.74 Å². The lowest BCUT2D eigenvalue weighted by Crippen LogP contribution is -2.41. The maximum atomic E-state index is 12.5. The van der Waals surface area contributed by atoms with Crippen molar-refractivity contribution in [1.29, 1.82) is 0 Å². The van der Waals surface area contributed by atoms with Crippen LogP contribution in [0.25, 0.3) is 0 Å². The molecule has 2 aromatic rings. The number of pyridine rings is 1. The van der Waals surface area contributed by atoms with Gasteiger partial charge in [0.25, 0.3) is 5.91 Å². The molecule has 136 valence electrons. The summed E-state index contributed by atoms with van der Waals surface area (Å²) in [7, 11) is 0. The minimum Gasteiger partial charge on any atom is -0.490 e. The molecule has 0 unspecified atom stereocenters. The highest BCUT2D eigenvalue weighted by Crippen LogP contribution is 2.24. The second-order valence-electron chi connectivity index (χ2n) is 6.62. The Morgan fingerprint density at radius 2 is 1.88 bits per heavy atom. The molecule has 1 aliphatic rings. The largest absolute Gasteiger partial charge is 0.490 e. The Morgan fingerprint density at radius 1 is 1.15 bits per heavy atom. The average Bonchev–Trinajstić information content (AvgIpc) is 2.65. The number of hydrogen-bond donors (Lipinski definition) is 1. The number of piperidine rings is 1. The predicted octanol–water partition coefficient (Wildman–Crippen LogP) is 3.08. The molecule has 0 spiro atoms. The molecule has 3 rings (SSSR count). The van der Waals surface area contributed by atoms with E-state index in [1.165, 1.54) is 18.3 Å². The fourth-order valence-corrected chi connectivity index (χ4v) is 3.02. The fraction of sp³-hybridized carbons (Fsp3) is 0.350. The van der Waals surface area contributed by atoms with Crippen LogP contribution in [0.3, 0.4) is 0 Å². The summed E-state index contributed by atoms with van der Waals surface area (Å²) in [6.07, 6.45) is 2.94. The lowest BCUT2D eigenvalue weighted by atomic mass is 10.1. The average molecular weight is 354 g/mol. The fourth-order valence-electron chi connectivity index (χ4n) is 3.02. The molecule has 0 aliphatic carbocycles. The summed E-state index contributed by atoms with van der Waals surface area (Å²) in [5.41, 5.74) is 2.61. The number of rotatable bonds is 4. The number of benzene rings is 1. The molecule has 1 aliphatic heterocycles. The number of aromatic nitrogens is 1. The summed E-state index contributed by atoms with van der Waals surface area (Å²) in [5, 5.41) is 8.88. The number of carbonyl (C=O) groups is 2. The third-order valence-corrected chi connectivity index (χ3v) is 4.60. The summed E-state index contributed by atoms with van der Waals surface area (Å²) in [6.45, 7) is 5.28. The zero-order valence-corrected chi connectivity index (χ0v) is 14.9. The molecule has 0 radical (unpaired) electrons. The lowest BCUT2D eigenvalue weighted by molar-refractivity contribution is 0.0591. The van der Waals surface area contributed by atoms with Crippen molar-refractivity contribution in [3.05, 3.63) is 58.9 Å². The van der Waals surface area contributed by atoms with Gasteiger partial charge in [-0.3, -0.25) is 4.79 Å². The third kappa shape index (κ3) is 4.02. The Morgan fingerprint density at radius 3 is 2.50 bits per heavy atom. The highest BCUT2D eigenvalue weighted by molar-refractivity contribution is 5.95. The maximum Gasteiger partial charge on any atom is 0.354 e. The van der Waals surface area contributed by atoms with Crippen molar-refractivity contribution in [3.8, 4) is 5.75 Å². The van der Waals surface area contributed by atoms with Crippen molar-refractivity contribution < 1.29 is 19.4 Å². The Labute approximate surface area is 152 Å². The van der Waals surface area contributed by atoms with E-state index in [0.29, 0.717) is 18.7 Å². The smallest absolute Gasteiger partial charge is 0.354 e. The quantitative estimate of drug-likeness (QED) is 0.913. The van der Waals surface area contributed by atoms with E-state index in [1.54, 1.807) is 4.90 Å². The molecule has 1 saturated heterocycles. The number of nitrogens with zero attached hydrogens (tertiary/aromatic N) is 2. The molecule has 0 atom stereocenters. The predicted molar refractivity (Wildman–Crippen MR) is 96.7 cm³/mol. The third-order valence-electron chi connectivity index (χ3n) is 4.60. The highest BCUT2D eigenvalue weighted by atomic mass is 16.5. The van der Waals surface area contributed by atoms with E-state index >= 15 is 0 Å². The number of likely N-dealkylation sites (tertiary alicyclic amines) is 1. The topological polar surface area (TPSA) is 79.7 Å². The van der Waals surface area contributed by atoms with Crippen LogP contribution >= 0.6 is 0 Å².